The van der Waals surface area contributed by atoms with Crippen molar-refractivity contribution in [2.45, 2.75) is 179 Å². The lowest BCUT2D eigenvalue weighted by Gasteiger charge is -2.47. The number of piperidine rings is 1. The first kappa shape index (κ1) is 51.7. The number of cyclic esters (lactones) is 2. The molecule has 3 saturated heterocycles. The zero-order valence-electron chi connectivity index (χ0n) is 39.4. The van der Waals surface area contributed by atoms with Crippen LogP contribution >= 0.6 is 0 Å². The van der Waals surface area contributed by atoms with Crippen molar-refractivity contribution in [1.82, 2.24) is 4.90 Å². The number of nitrogens with zero attached hydrogens (tertiary/aromatic N) is 1. The summed E-state index contributed by atoms with van der Waals surface area (Å²) in [4.78, 5) is 70.0. The Morgan fingerprint density at radius 3 is 2.27 bits per heavy atom. The monoisotopic (exact) mass is 902 g/mol. The van der Waals surface area contributed by atoms with Crippen LogP contribution in [0.5, 0.6) is 0 Å². The van der Waals surface area contributed by atoms with Gasteiger partial charge in [-0.3, -0.25) is 19.2 Å². The van der Waals surface area contributed by atoms with Crippen molar-refractivity contribution >= 4 is 29.4 Å². The van der Waals surface area contributed by atoms with E-state index < -0.39 is 77.8 Å². The molecule has 1 amide bonds. The Kier molecular flexibility index (Phi) is 18.9. The number of Topliss-reactive ketones (excluding diaryl/α,β-unsaturated/α-hetero) is 2. The van der Waals surface area contributed by atoms with Crippen LogP contribution in [0.2, 0.25) is 0 Å². The highest BCUT2D eigenvalue weighted by Crippen LogP contribution is 2.39. The predicted molar refractivity (Wildman–Crippen MR) is 235 cm³/mol. The van der Waals surface area contributed by atoms with Crippen molar-refractivity contribution in [2.24, 2.45) is 29.6 Å². The molecule has 15 atom stereocenters. The molecule has 0 radical (unpaired) electrons. The molecular weight excluding hydrogens is 827 g/mol. The highest BCUT2D eigenvalue weighted by atomic mass is 16.7. The van der Waals surface area contributed by atoms with Gasteiger partial charge >= 0.3 is 11.9 Å². The van der Waals surface area contributed by atoms with E-state index >= 15 is 0 Å². The molecule has 2 bridgehead atoms. The second kappa shape index (κ2) is 23.4. The van der Waals surface area contributed by atoms with E-state index in [1.54, 1.807) is 27.0 Å². The number of methoxy groups -OCH3 is 3. The van der Waals surface area contributed by atoms with Gasteiger partial charge < -0.3 is 48.3 Å². The van der Waals surface area contributed by atoms with Crippen molar-refractivity contribution in [2.75, 3.05) is 34.5 Å². The summed E-state index contributed by atoms with van der Waals surface area (Å²) >= 11 is 0. The Hall–Kier alpha value is -3.31. The first-order valence-corrected chi connectivity index (χ1v) is 23.5. The molecule has 5 aliphatic rings. The van der Waals surface area contributed by atoms with Crippen LogP contribution in [0, 0.1) is 29.6 Å². The number of ketones is 2. The fourth-order valence-corrected chi connectivity index (χ4v) is 10.5. The SMILES string of the molecule is C=CC[C@@H]1/C=C(\C)C[C@H](C)C[C@H](OC)[C@H]2O[C@@](O)(C(=O)C(=O)N3CCCC[C@H]3C(=O)OC(/C(C)=C/[C@@H]3CC[C@@H](OC[C@H]4CCC(=O)O4)[C@H](OC)C3)[C@H](C)[C@@H](O)CC1=O)[C@H](C)C[C@@H]2OC. The summed E-state index contributed by atoms with van der Waals surface area (Å²) in [6, 6.07) is -1.16. The number of esters is 2. The van der Waals surface area contributed by atoms with E-state index in [1.165, 1.54) is 19.1 Å². The molecule has 1 unspecified atom stereocenters. The van der Waals surface area contributed by atoms with Crippen LogP contribution in [0.1, 0.15) is 118 Å². The van der Waals surface area contributed by atoms with Gasteiger partial charge in [-0.15, -0.1) is 6.58 Å². The number of allylic oxidation sites excluding steroid dienone is 4. The smallest absolute Gasteiger partial charge is 0.329 e. The van der Waals surface area contributed by atoms with Crippen LogP contribution in [0.15, 0.2) is 36.0 Å². The Bertz CT molecular complexity index is 1710. The Labute approximate surface area is 379 Å². The number of carbonyl (C=O) groups is 5. The Balaban J connectivity index is 1.48. The van der Waals surface area contributed by atoms with Crippen molar-refractivity contribution in [3.05, 3.63) is 36.0 Å². The second-order valence-corrected chi connectivity index (χ2v) is 19.2. The third-order valence-corrected chi connectivity index (χ3v) is 14.3. The third-order valence-electron chi connectivity index (χ3n) is 14.3. The van der Waals surface area contributed by atoms with Gasteiger partial charge in [0.15, 0.2) is 0 Å². The molecule has 0 spiro atoms. The van der Waals surface area contributed by atoms with E-state index in [0.717, 1.165) is 12.0 Å². The van der Waals surface area contributed by atoms with Crippen molar-refractivity contribution in [3.63, 3.8) is 0 Å². The number of amides is 1. The van der Waals surface area contributed by atoms with E-state index in [-0.39, 0.29) is 67.7 Å². The highest BCUT2D eigenvalue weighted by Gasteiger charge is 2.56. The molecule has 4 fully saturated rings. The quantitative estimate of drug-likeness (QED) is 0.162. The lowest BCUT2D eigenvalue weighted by atomic mass is 9.81. The molecular formula is C49H75NO14. The van der Waals surface area contributed by atoms with Crippen LogP contribution in [0.4, 0.5) is 0 Å². The minimum atomic E-state index is -2.52. The molecule has 4 heterocycles. The van der Waals surface area contributed by atoms with Gasteiger partial charge in [-0.25, -0.2) is 4.79 Å². The lowest BCUT2D eigenvalue weighted by Crippen LogP contribution is -2.64. The minimum Gasteiger partial charge on any atom is -0.460 e. The van der Waals surface area contributed by atoms with Crippen LogP contribution < -0.4 is 0 Å². The summed E-state index contributed by atoms with van der Waals surface area (Å²) < 4.78 is 41.8. The zero-order valence-corrected chi connectivity index (χ0v) is 39.4. The van der Waals surface area contributed by atoms with Crippen molar-refractivity contribution in [3.8, 4) is 0 Å². The molecule has 5 rings (SSSR count). The normalized spacial score (nSPS) is 40.1. The highest BCUT2D eigenvalue weighted by molar-refractivity contribution is 6.39. The van der Waals surface area contributed by atoms with Gasteiger partial charge in [0, 0.05) is 58.5 Å². The van der Waals surface area contributed by atoms with Gasteiger partial charge in [0.05, 0.1) is 37.1 Å². The summed E-state index contributed by atoms with van der Waals surface area (Å²) in [6.07, 6.45) is 6.30. The number of hydrogen-bond acceptors (Lipinski definition) is 14. The van der Waals surface area contributed by atoms with Gasteiger partial charge in [0.2, 0.25) is 5.79 Å². The second-order valence-electron chi connectivity index (χ2n) is 19.2. The maximum Gasteiger partial charge on any atom is 0.329 e. The third kappa shape index (κ3) is 12.6. The summed E-state index contributed by atoms with van der Waals surface area (Å²) in [6.45, 7) is 13.5. The van der Waals surface area contributed by atoms with Crippen LogP contribution in [-0.2, 0) is 57.1 Å². The summed E-state index contributed by atoms with van der Waals surface area (Å²) in [5, 5.41) is 24.0. The number of carbonyl (C=O) groups excluding carboxylic acids is 5. The first-order valence-electron chi connectivity index (χ1n) is 23.5. The number of hydrogen-bond donors (Lipinski definition) is 2. The Morgan fingerprint density at radius 1 is 0.906 bits per heavy atom. The number of aliphatic hydroxyl groups is 2. The van der Waals surface area contributed by atoms with Crippen LogP contribution in [0.3, 0.4) is 0 Å². The standard InChI is InChI=1S/C49H75NO14/c1-10-13-34-21-28(2)20-29(3)22-41(59-8)45-42(60-9)24-31(5)49(57,64-45)46(54)47(55)50-19-12-11-14-36(50)48(56)63-44(32(6)37(51)26-38(34)52)30(4)23-33-15-17-39(40(25-33)58-7)61-27-35-16-18-43(53)62-35/h10,21,23,29,31-37,39-42,44-45,51,57H,1,11-20,22,24-27H2,2-9H3/b28-21+,30-23+/t29-,31+,32+,33-,34+,35+,36-,37-,39+,40+,41-,42-,44?,45+,49+/m0/s1. The lowest BCUT2D eigenvalue weighted by molar-refractivity contribution is -0.302. The van der Waals surface area contributed by atoms with Gasteiger partial charge in [0.1, 0.15) is 30.1 Å². The van der Waals surface area contributed by atoms with E-state index in [4.69, 9.17) is 33.2 Å². The van der Waals surface area contributed by atoms with Crippen molar-refractivity contribution < 1.29 is 67.3 Å². The summed E-state index contributed by atoms with van der Waals surface area (Å²) in [7, 11) is 4.68. The largest absolute Gasteiger partial charge is 0.460 e. The van der Waals surface area contributed by atoms with Crippen molar-refractivity contribution in [1.29, 1.82) is 0 Å². The number of ether oxygens (including phenoxy) is 7. The van der Waals surface area contributed by atoms with Gasteiger partial charge in [-0.05, 0) is 102 Å². The number of fused-ring (bicyclic) bond motifs is 3. The molecule has 0 aromatic rings. The molecule has 2 N–H and O–H groups in total. The molecule has 360 valence electrons. The molecule has 1 aliphatic carbocycles. The average Bonchev–Trinajstić information content (AvgIpc) is 3.70. The van der Waals surface area contributed by atoms with E-state index in [1.807, 2.05) is 32.9 Å². The summed E-state index contributed by atoms with van der Waals surface area (Å²) in [5.41, 5.74) is 1.61. The maximum absolute atomic E-state index is 14.5. The number of rotatable bonds is 10. The molecule has 0 aromatic heterocycles. The number of aliphatic hydroxyl groups excluding tert-OH is 1. The topological polar surface area (TPSA) is 194 Å². The molecule has 15 nitrogen and oxygen atoms in total. The fraction of sp³-hybridized carbons (Fsp3) is 0.776. The van der Waals surface area contributed by atoms with E-state index in [2.05, 4.69) is 6.58 Å². The minimum absolute atomic E-state index is 0.000657. The average molecular weight is 902 g/mol. The molecule has 4 aliphatic heterocycles. The zero-order chi connectivity index (χ0) is 46.9. The molecule has 1 saturated carbocycles. The molecule has 0 aromatic carbocycles. The van der Waals surface area contributed by atoms with Gasteiger partial charge in [-0.1, -0.05) is 44.6 Å². The van der Waals surface area contributed by atoms with E-state index in [0.29, 0.717) is 70.0 Å². The maximum atomic E-state index is 14.5. The fourth-order valence-electron chi connectivity index (χ4n) is 10.5. The van der Waals surface area contributed by atoms with Gasteiger partial charge in [0.25, 0.3) is 11.7 Å². The van der Waals surface area contributed by atoms with Crippen LogP contribution in [-0.4, -0.2) is 140 Å². The first-order chi connectivity index (χ1) is 30.4. The molecule has 64 heavy (non-hydrogen) atoms. The molecule has 15 heteroatoms. The predicted octanol–water partition coefficient (Wildman–Crippen LogP) is 5.37. The van der Waals surface area contributed by atoms with Crippen LogP contribution in [0.25, 0.3) is 0 Å². The Morgan fingerprint density at radius 2 is 1.61 bits per heavy atom. The summed E-state index contributed by atoms with van der Waals surface area (Å²) in [5.74, 6) is -8.07. The van der Waals surface area contributed by atoms with E-state index in [9.17, 15) is 34.2 Å². The van der Waals surface area contributed by atoms with Gasteiger partial charge in [-0.2, -0.15) is 0 Å².